The number of rotatable bonds is 3. The molecule has 0 radical (unpaired) electrons. The number of piperidine rings is 1. The smallest absolute Gasteiger partial charge is 0.260 e. The summed E-state index contributed by atoms with van der Waals surface area (Å²) in [4.78, 5) is 17.9. The van der Waals surface area contributed by atoms with Crippen molar-refractivity contribution in [2.75, 3.05) is 19.7 Å². The first-order chi connectivity index (χ1) is 8.99. The van der Waals surface area contributed by atoms with Crippen LogP contribution in [-0.2, 0) is 4.79 Å². The first-order valence-electron chi connectivity index (χ1n) is 6.55. The molecule has 1 aromatic heterocycles. The SMILES string of the molecule is CC1(C)CN(C(=O)COc2cccnc2)CCC1N.Cl.Cl. The molecule has 0 saturated carbocycles. The van der Waals surface area contributed by atoms with Gasteiger partial charge >= 0.3 is 0 Å². The highest BCUT2D eigenvalue weighted by Crippen LogP contribution is 2.27. The molecule has 0 aromatic carbocycles. The number of hydrogen-bond donors (Lipinski definition) is 1. The van der Waals surface area contributed by atoms with E-state index in [1.807, 2.05) is 4.90 Å². The standard InChI is InChI=1S/C14H21N3O2.2ClH/c1-14(2)10-17(7-5-12(14)15)13(18)9-19-11-4-3-6-16-8-11;;/h3-4,6,8,12H,5,7,9-10,15H2,1-2H3;2*1H. The normalized spacial score (nSPS) is 20.0. The Morgan fingerprint density at radius 2 is 2.24 bits per heavy atom. The molecule has 2 N–H and O–H groups in total. The van der Waals surface area contributed by atoms with Gasteiger partial charge in [-0.25, -0.2) is 0 Å². The van der Waals surface area contributed by atoms with E-state index in [0.29, 0.717) is 18.8 Å². The second-order valence-electron chi connectivity index (χ2n) is 5.68. The monoisotopic (exact) mass is 335 g/mol. The molecular weight excluding hydrogens is 313 g/mol. The van der Waals surface area contributed by atoms with Gasteiger partial charge in [-0.05, 0) is 24.0 Å². The van der Waals surface area contributed by atoms with Gasteiger partial charge in [-0.3, -0.25) is 9.78 Å². The number of likely N-dealkylation sites (tertiary alicyclic amines) is 1. The molecule has 1 saturated heterocycles. The molecule has 0 spiro atoms. The molecule has 1 amide bonds. The van der Waals surface area contributed by atoms with Crippen LogP contribution >= 0.6 is 24.8 Å². The Morgan fingerprint density at radius 3 is 2.81 bits per heavy atom. The quantitative estimate of drug-likeness (QED) is 0.915. The van der Waals surface area contributed by atoms with Crippen LogP contribution in [0.15, 0.2) is 24.5 Å². The first kappa shape index (κ1) is 20.0. The third-order valence-corrected chi connectivity index (χ3v) is 3.66. The highest BCUT2D eigenvalue weighted by Gasteiger charge is 2.35. The van der Waals surface area contributed by atoms with E-state index in [9.17, 15) is 4.79 Å². The van der Waals surface area contributed by atoms with Crippen molar-refractivity contribution in [3.05, 3.63) is 24.5 Å². The summed E-state index contributed by atoms with van der Waals surface area (Å²) in [5, 5.41) is 0. The molecule has 1 fully saturated rings. The molecule has 5 nitrogen and oxygen atoms in total. The maximum Gasteiger partial charge on any atom is 0.260 e. The van der Waals surface area contributed by atoms with Gasteiger partial charge in [0, 0.05) is 25.3 Å². The Labute approximate surface area is 138 Å². The second-order valence-corrected chi connectivity index (χ2v) is 5.68. The van der Waals surface area contributed by atoms with Crippen LogP contribution < -0.4 is 10.5 Å². The second kappa shape index (κ2) is 8.41. The Balaban J connectivity index is 0.00000200. The Kier molecular flexibility index (Phi) is 8.00. The zero-order chi connectivity index (χ0) is 13.9. The van der Waals surface area contributed by atoms with Crippen molar-refractivity contribution in [3.8, 4) is 5.75 Å². The molecule has 1 aromatic rings. The zero-order valence-electron chi connectivity index (χ0n) is 12.3. The summed E-state index contributed by atoms with van der Waals surface area (Å²) in [6, 6.07) is 3.72. The highest BCUT2D eigenvalue weighted by molar-refractivity contribution is 5.85. The minimum atomic E-state index is -0.0395. The summed E-state index contributed by atoms with van der Waals surface area (Å²) in [5.74, 6) is 0.618. The molecule has 1 unspecified atom stereocenters. The van der Waals surface area contributed by atoms with Crippen LogP contribution in [0.4, 0.5) is 0 Å². The van der Waals surface area contributed by atoms with Crippen molar-refractivity contribution in [3.63, 3.8) is 0 Å². The van der Waals surface area contributed by atoms with Gasteiger partial charge in [0.25, 0.3) is 5.91 Å². The van der Waals surface area contributed by atoms with Crippen LogP contribution in [0.3, 0.4) is 0 Å². The zero-order valence-corrected chi connectivity index (χ0v) is 14.0. The van der Waals surface area contributed by atoms with E-state index >= 15 is 0 Å². The molecule has 0 aliphatic carbocycles. The minimum Gasteiger partial charge on any atom is -0.482 e. The summed E-state index contributed by atoms with van der Waals surface area (Å²) < 4.78 is 5.43. The van der Waals surface area contributed by atoms with Crippen molar-refractivity contribution < 1.29 is 9.53 Å². The first-order valence-corrected chi connectivity index (χ1v) is 6.55. The Hall–Kier alpha value is -1.04. The van der Waals surface area contributed by atoms with Crippen LogP contribution in [0.1, 0.15) is 20.3 Å². The molecule has 2 heterocycles. The third-order valence-electron chi connectivity index (χ3n) is 3.66. The van der Waals surface area contributed by atoms with Crippen molar-refractivity contribution >= 4 is 30.7 Å². The number of nitrogens with two attached hydrogens (primary N) is 1. The van der Waals surface area contributed by atoms with Crippen molar-refractivity contribution in [2.24, 2.45) is 11.1 Å². The van der Waals surface area contributed by atoms with E-state index in [-0.39, 0.29) is 48.8 Å². The fourth-order valence-electron chi connectivity index (χ4n) is 2.26. The van der Waals surface area contributed by atoms with E-state index < -0.39 is 0 Å². The van der Waals surface area contributed by atoms with E-state index in [0.717, 1.165) is 6.42 Å². The maximum absolute atomic E-state index is 12.1. The Bertz CT molecular complexity index is 443. The summed E-state index contributed by atoms with van der Waals surface area (Å²) >= 11 is 0. The van der Waals surface area contributed by atoms with Gasteiger partial charge in [-0.1, -0.05) is 13.8 Å². The molecule has 0 bridgehead atoms. The molecule has 1 aliphatic heterocycles. The summed E-state index contributed by atoms with van der Waals surface area (Å²) in [6.07, 6.45) is 4.11. The molecule has 1 atom stereocenters. The lowest BCUT2D eigenvalue weighted by Crippen LogP contribution is -2.54. The highest BCUT2D eigenvalue weighted by atomic mass is 35.5. The molecular formula is C14H23Cl2N3O2. The number of carbonyl (C=O) groups excluding carboxylic acids is 1. The molecule has 120 valence electrons. The van der Waals surface area contributed by atoms with Crippen molar-refractivity contribution in [1.29, 1.82) is 0 Å². The van der Waals surface area contributed by atoms with E-state index in [1.165, 1.54) is 0 Å². The van der Waals surface area contributed by atoms with Gasteiger partial charge in [0.2, 0.25) is 0 Å². The predicted octanol–water partition coefficient (Wildman–Crippen LogP) is 1.89. The number of ether oxygens (including phenoxy) is 1. The number of hydrogen-bond acceptors (Lipinski definition) is 4. The number of pyridine rings is 1. The topological polar surface area (TPSA) is 68.5 Å². The molecule has 1 aliphatic rings. The largest absolute Gasteiger partial charge is 0.482 e. The van der Waals surface area contributed by atoms with Crippen molar-refractivity contribution in [1.82, 2.24) is 9.88 Å². The summed E-state index contributed by atoms with van der Waals surface area (Å²) in [7, 11) is 0. The van der Waals surface area contributed by atoms with E-state index in [2.05, 4.69) is 18.8 Å². The molecule has 21 heavy (non-hydrogen) atoms. The number of carbonyl (C=O) groups is 1. The summed E-state index contributed by atoms with van der Waals surface area (Å²) in [6.45, 7) is 5.64. The lowest BCUT2D eigenvalue weighted by atomic mass is 9.80. The van der Waals surface area contributed by atoms with Gasteiger partial charge in [-0.15, -0.1) is 24.8 Å². The summed E-state index contributed by atoms with van der Waals surface area (Å²) in [5.41, 5.74) is 6.02. The van der Waals surface area contributed by atoms with Gasteiger partial charge in [0.1, 0.15) is 5.75 Å². The van der Waals surface area contributed by atoms with E-state index in [4.69, 9.17) is 10.5 Å². The van der Waals surface area contributed by atoms with Crippen LogP contribution in [0, 0.1) is 5.41 Å². The van der Waals surface area contributed by atoms with Crippen LogP contribution in [-0.4, -0.2) is 41.5 Å². The predicted molar refractivity (Wildman–Crippen MR) is 87.2 cm³/mol. The molecule has 2 rings (SSSR count). The van der Waals surface area contributed by atoms with Gasteiger partial charge in [0.05, 0.1) is 6.20 Å². The average molecular weight is 336 g/mol. The minimum absolute atomic E-state index is 0. The fourth-order valence-corrected chi connectivity index (χ4v) is 2.26. The molecule has 7 heteroatoms. The van der Waals surface area contributed by atoms with Crippen molar-refractivity contribution in [2.45, 2.75) is 26.3 Å². The van der Waals surface area contributed by atoms with Gasteiger partial charge in [0.15, 0.2) is 6.61 Å². The maximum atomic E-state index is 12.1. The van der Waals surface area contributed by atoms with E-state index in [1.54, 1.807) is 24.5 Å². The number of nitrogens with zero attached hydrogens (tertiary/aromatic N) is 2. The average Bonchev–Trinajstić information content (AvgIpc) is 2.40. The van der Waals surface area contributed by atoms with Crippen LogP contribution in [0.2, 0.25) is 0 Å². The van der Waals surface area contributed by atoms with Crippen LogP contribution in [0.5, 0.6) is 5.75 Å². The fraction of sp³-hybridized carbons (Fsp3) is 0.571. The third kappa shape index (κ3) is 5.34. The lowest BCUT2D eigenvalue weighted by Gasteiger charge is -2.42. The number of aromatic nitrogens is 1. The van der Waals surface area contributed by atoms with Crippen LogP contribution in [0.25, 0.3) is 0 Å². The Morgan fingerprint density at radius 1 is 1.52 bits per heavy atom. The van der Waals surface area contributed by atoms with Gasteiger partial charge < -0.3 is 15.4 Å². The van der Waals surface area contributed by atoms with Gasteiger partial charge in [-0.2, -0.15) is 0 Å². The number of amides is 1. The lowest BCUT2D eigenvalue weighted by molar-refractivity contribution is -0.136. The number of halogens is 2.